The number of para-hydroxylation sites is 2. The van der Waals surface area contributed by atoms with E-state index in [9.17, 15) is 4.79 Å². The Morgan fingerprint density at radius 3 is 2.48 bits per heavy atom. The highest BCUT2D eigenvalue weighted by atomic mass is 35.5. The third kappa shape index (κ3) is 5.06. The van der Waals surface area contributed by atoms with Crippen LogP contribution in [0.3, 0.4) is 0 Å². The molecule has 0 radical (unpaired) electrons. The number of carbonyl (C=O) groups excluding carboxylic acids is 1. The molecule has 21 heavy (non-hydrogen) atoms. The molecule has 0 bridgehead atoms. The van der Waals surface area contributed by atoms with Crippen LogP contribution in [0.25, 0.3) is 0 Å². The van der Waals surface area contributed by atoms with Crippen molar-refractivity contribution in [1.29, 1.82) is 0 Å². The number of nitrogens with two attached hydrogens (primary N) is 1. The maximum absolute atomic E-state index is 12.4. The Balaban J connectivity index is 0.00000200. The van der Waals surface area contributed by atoms with Gasteiger partial charge in [0, 0.05) is 32.6 Å². The second kappa shape index (κ2) is 9.13. The van der Waals surface area contributed by atoms with Crippen LogP contribution in [0.1, 0.15) is 26.2 Å². The van der Waals surface area contributed by atoms with Crippen LogP contribution in [-0.4, -0.2) is 32.1 Å². The molecular formula is C15H25Cl2N3O. The number of hydrogen-bond donors (Lipinski definition) is 1. The highest BCUT2D eigenvalue weighted by molar-refractivity contribution is 5.97. The lowest BCUT2D eigenvalue weighted by Gasteiger charge is -2.24. The summed E-state index contributed by atoms with van der Waals surface area (Å²) in [5.74, 6) is 0.181. The van der Waals surface area contributed by atoms with Gasteiger partial charge in [0.2, 0.25) is 5.91 Å². The van der Waals surface area contributed by atoms with E-state index in [1.165, 1.54) is 0 Å². The van der Waals surface area contributed by atoms with Gasteiger partial charge in [-0.3, -0.25) is 4.79 Å². The van der Waals surface area contributed by atoms with Crippen molar-refractivity contribution >= 4 is 42.1 Å². The second-order valence-corrected chi connectivity index (χ2v) is 5.33. The molecule has 1 amide bonds. The van der Waals surface area contributed by atoms with E-state index >= 15 is 0 Å². The van der Waals surface area contributed by atoms with Crippen LogP contribution >= 0.6 is 24.8 Å². The molecule has 1 aliphatic heterocycles. The van der Waals surface area contributed by atoms with Crippen molar-refractivity contribution in [3.05, 3.63) is 24.3 Å². The summed E-state index contributed by atoms with van der Waals surface area (Å²) in [6.07, 6.45) is 2.26. The van der Waals surface area contributed by atoms with Gasteiger partial charge in [0.05, 0.1) is 11.4 Å². The molecule has 1 aromatic carbocycles. The van der Waals surface area contributed by atoms with Crippen molar-refractivity contribution in [1.82, 2.24) is 0 Å². The van der Waals surface area contributed by atoms with Gasteiger partial charge in [0.1, 0.15) is 0 Å². The number of amides is 1. The molecule has 0 aliphatic carbocycles. The summed E-state index contributed by atoms with van der Waals surface area (Å²) < 4.78 is 0. The maximum Gasteiger partial charge on any atom is 0.227 e. The lowest BCUT2D eigenvalue weighted by Crippen LogP contribution is -2.32. The fraction of sp³-hybridized carbons (Fsp3) is 0.533. The van der Waals surface area contributed by atoms with E-state index in [4.69, 9.17) is 5.73 Å². The Labute approximate surface area is 139 Å². The highest BCUT2D eigenvalue weighted by Gasteiger charge is 2.22. The van der Waals surface area contributed by atoms with E-state index in [-0.39, 0.29) is 36.8 Å². The second-order valence-electron chi connectivity index (χ2n) is 5.33. The molecule has 6 heteroatoms. The lowest BCUT2D eigenvalue weighted by atomic mass is 10.1. The minimum atomic E-state index is 0. The number of rotatable bonds is 3. The minimum Gasteiger partial charge on any atom is -0.373 e. The smallest absolute Gasteiger partial charge is 0.227 e. The molecule has 1 aliphatic rings. The van der Waals surface area contributed by atoms with Crippen LogP contribution in [0.15, 0.2) is 24.3 Å². The van der Waals surface area contributed by atoms with Gasteiger partial charge in [-0.15, -0.1) is 24.8 Å². The number of benzene rings is 1. The van der Waals surface area contributed by atoms with Crippen molar-refractivity contribution in [3.8, 4) is 0 Å². The number of fused-ring (bicyclic) bond motifs is 1. The summed E-state index contributed by atoms with van der Waals surface area (Å²) in [6, 6.07) is 8.19. The number of halogens is 2. The SMILES string of the molecule is CC(N)CCC(=O)N1CCCN(C)c2ccccc21.Cl.Cl. The number of carbonyl (C=O) groups is 1. The molecule has 1 unspecified atom stereocenters. The molecule has 0 fully saturated rings. The lowest BCUT2D eigenvalue weighted by molar-refractivity contribution is -0.118. The molecular weight excluding hydrogens is 309 g/mol. The fourth-order valence-corrected chi connectivity index (χ4v) is 2.47. The molecule has 1 aromatic rings. The van der Waals surface area contributed by atoms with E-state index in [2.05, 4.69) is 18.0 Å². The zero-order valence-corrected chi connectivity index (χ0v) is 14.3. The molecule has 4 nitrogen and oxygen atoms in total. The van der Waals surface area contributed by atoms with Crippen LogP contribution in [0.4, 0.5) is 11.4 Å². The topological polar surface area (TPSA) is 49.6 Å². The Kier molecular flexibility index (Phi) is 8.71. The standard InChI is InChI=1S/C15H23N3O.2ClH/c1-12(16)8-9-15(19)18-11-5-10-17(2)13-6-3-4-7-14(13)18;;/h3-4,6-7,12H,5,8-11,16H2,1-2H3;2*1H. The van der Waals surface area contributed by atoms with Crippen LogP contribution < -0.4 is 15.5 Å². The summed E-state index contributed by atoms with van der Waals surface area (Å²) in [5, 5.41) is 0. The summed E-state index contributed by atoms with van der Waals surface area (Å²) in [6.45, 7) is 3.71. The zero-order valence-electron chi connectivity index (χ0n) is 12.6. The van der Waals surface area contributed by atoms with Crippen LogP contribution in [-0.2, 0) is 4.79 Å². The molecule has 2 N–H and O–H groups in total. The maximum atomic E-state index is 12.4. The minimum absolute atomic E-state index is 0. The van der Waals surface area contributed by atoms with E-state index in [0.717, 1.165) is 37.3 Å². The van der Waals surface area contributed by atoms with Gasteiger partial charge in [-0.1, -0.05) is 12.1 Å². The largest absolute Gasteiger partial charge is 0.373 e. The first-order valence-corrected chi connectivity index (χ1v) is 6.95. The quantitative estimate of drug-likeness (QED) is 0.925. The first-order chi connectivity index (χ1) is 9.09. The third-order valence-corrected chi connectivity index (χ3v) is 3.57. The Morgan fingerprint density at radius 2 is 1.86 bits per heavy atom. The van der Waals surface area contributed by atoms with Crippen molar-refractivity contribution in [3.63, 3.8) is 0 Å². The van der Waals surface area contributed by atoms with E-state index in [0.29, 0.717) is 6.42 Å². The van der Waals surface area contributed by atoms with Gasteiger partial charge in [-0.25, -0.2) is 0 Å². The predicted molar refractivity (Wildman–Crippen MR) is 94.1 cm³/mol. The first kappa shape index (κ1) is 20.0. The van der Waals surface area contributed by atoms with Crippen LogP contribution in [0, 0.1) is 0 Å². The van der Waals surface area contributed by atoms with E-state index in [1.54, 1.807) is 0 Å². The highest BCUT2D eigenvalue weighted by Crippen LogP contribution is 2.31. The van der Waals surface area contributed by atoms with Gasteiger partial charge >= 0.3 is 0 Å². The van der Waals surface area contributed by atoms with Crippen LogP contribution in [0.5, 0.6) is 0 Å². The Hall–Kier alpha value is -0.970. The normalized spacial score (nSPS) is 15.2. The average molecular weight is 334 g/mol. The molecule has 1 atom stereocenters. The third-order valence-electron chi connectivity index (χ3n) is 3.57. The summed E-state index contributed by atoms with van der Waals surface area (Å²) in [5.41, 5.74) is 7.90. The number of hydrogen-bond acceptors (Lipinski definition) is 3. The fourth-order valence-electron chi connectivity index (χ4n) is 2.47. The molecule has 0 spiro atoms. The summed E-state index contributed by atoms with van der Waals surface area (Å²) in [7, 11) is 2.08. The van der Waals surface area contributed by atoms with Crippen molar-refractivity contribution in [2.75, 3.05) is 29.9 Å². The van der Waals surface area contributed by atoms with E-state index in [1.807, 2.05) is 30.0 Å². The first-order valence-electron chi connectivity index (χ1n) is 6.95. The number of anilines is 2. The van der Waals surface area contributed by atoms with Crippen molar-refractivity contribution in [2.45, 2.75) is 32.2 Å². The molecule has 0 saturated heterocycles. The Morgan fingerprint density at radius 1 is 1.24 bits per heavy atom. The zero-order chi connectivity index (χ0) is 13.8. The van der Waals surface area contributed by atoms with Gasteiger partial charge in [-0.2, -0.15) is 0 Å². The van der Waals surface area contributed by atoms with Gasteiger partial charge in [0.15, 0.2) is 0 Å². The van der Waals surface area contributed by atoms with E-state index < -0.39 is 0 Å². The number of nitrogens with zero attached hydrogens (tertiary/aromatic N) is 2. The van der Waals surface area contributed by atoms with Gasteiger partial charge in [0.25, 0.3) is 0 Å². The monoisotopic (exact) mass is 333 g/mol. The van der Waals surface area contributed by atoms with Crippen LogP contribution in [0.2, 0.25) is 0 Å². The molecule has 0 aromatic heterocycles. The molecule has 2 rings (SSSR count). The van der Waals surface area contributed by atoms with Gasteiger partial charge < -0.3 is 15.5 Å². The summed E-state index contributed by atoms with van der Waals surface area (Å²) in [4.78, 5) is 16.5. The van der Waals surface area contributed by atoms with Crippen molar-refractivity contribution < 1.29 is 4.79 Å². The molecule has 1 heterocycles. The Bertz CT molecular complexity index is 454. The molecule has 0 saturated carbocycles. The predicted octanol–water partition coefficient (Wildman–Crippen LogP) is 2.83. The molecule has 120 valence electrons. The average Bonchev–Trinajstić information content (AvgIpc) is 2.56. The van der Waals surface area contributed by atoms with Gasteiger partial charge in [-0.05, 0) is 31.9 Å². The van der Waals surface area contributed by atoms with Crippen molar-refractivity contribution in [2.24, 2.45) is 5.73 Å². The summed E-state index contributed by atoms with van der Waals surface area (Å²) >= 11 is 0.